The van der Waals surface area contributed by atoms with Gasteiger partial charge in [0.2, 0.25) is 5.91 Å². The molecule has 0 saturated heterocycles. The van der Waals surface area contributed by atoms with E-state index in [0.29, 0.717) is 17.9 Å². The number of carbonyl (C=O) groups excluding carboxylic acids is 1. The number of thioether (sulfide) groups is 1. The summed E-state index contributed by atoms with van der Waals surface area (Å²) in [5.41, 5.74) is 6.85. The Morgan fingerprint density at radius 2 is 1.91 bits per heavy atom. The average molecular weight is 447 g/mol. The number of rotatable bonds is 7. The average Bonchev–Trinajstić information content (AvgIpc) is 3.31. The third-order valence-electron chi connectivity index (χ3n) is 4.50. The van der Waals surface area contributed by atoms with E-state index in [1.54, 1.807) is 19.1 Å². The van der Waals surface area contributed by atoms with E-state index in [1.165, 1.54) is 30.5 Å². The summed E-state index contributed by atoms with van der Waals surface area (Å²) in [5, 5.41) is 30.6. The molecule has 0 bridgehead atoms. The first-order chi connectivity index (χ1) is 15.4. The number of benzene rings is 1. The van der Waals surface area contributed by atoms with Crippen LogP contribution in [0, 0.1) is 22.7 Å². The van der Waals surface area contributed by atoms with Crippen LogP contribution in [0.25, 0.3) is 11.3 Å². The van der Waals surface area contributed by atoms with Crippen LogP contribution in [0.4, 0.5) is 11.5 Å². The number of carboxylic acids is 1. The zero-order valence-electron chi connectivity index (χ0n) is 16.8. The molecule has 3 aromatic rings. The van der Waals surface area contributed by atoms with E-state index in [0.717, 1.165) is 11.8 Å². The number of hydrogen-bond acceptors (Lipinski definition) is 8. The summed E-state index contributed by atoms with van der Waals surface area (Å²) in [6.45, 7) is 1.80. The highest BCUT2D eigenvalue weighted by Crippen LogP contribution is 2.37. The fraction of sp³-hybridized carbons (Fsp3) is 0.136. The second kappa shape index (κ2) is 9.69. The lowest BCUT2D eigenvalue weighted by Crippen LogP contribution is -2.25. The molecule has 2 aromatic heterocycles. The number of nitrogens with two attached hydrogens (primary N) is 1. The molecule has 4 N–H and O–H groups in total. The van der Waals surface area contributed by atoms with Crippen LogP contribution >= 0.6 is 11.8 Å². The Kier molecular flexibility index (Phi) is 6.78. The van der Waals surface area contributed by atoms with Crippen LogP contribution < -0.4 is 11.1 Å². The number of nitrogens with zero attached hydrogens (tertiary/aromatic N) is 3. The van der Waals surface area contributed by atoms with Crippen LogP contribution in [-0.4, -0.2) is 27.2 Å². The first-order valence-electron chi connectivity index (χ1n) is 9.38. The van der Waals surface area contributed by atoms with Crippen LogP contribution in [0.1, 0.15) is 34.8 Å². The van der Waals surface area contributed by atoms with Gasteiger partial charge < -0.3 is 20.6 Å². The molecule has 0 aliphatic carbocycles. The molecule has 0 saturated carbocycles. The van der Waals surface area contributed by atoms with Gasteiger partial charge in [0, 0.05) is 5.69 Å². The SMILES string of the molecule is CCC(Sc1nc(N)c(C#N)c(-c2ccco2)c1C#N)C(=O)Nc1ccc(C(=O)O)cc1. The number of aromatic nitrogens is 1. The standard InChI is InChI=1S/C22H17N5O4S/c1-2-17(20(28)26-13-7-5-12(6-8-13)22(29)30)32-21-15(11-24)18(16-4-3-9-31-16)14(10-23)19(25)27-21/h3-9,17H,2H2,1H3,(H2,25,27)(H,26,28)(H,29,30). The summed E-state index contributed by atoms with van der Waals surface area (Å²) < 4.78 is 5.38. The quantitative estimate of drug-likeness (QED) is 0.455. The second-order valence-corrected chi connectivity index (χ2v) is 7.71. The Morgan fingerprint density at radius 3 is 2.44 bits per heavy atom. The predicted molar refractivity (Wildman–Crippen MR) is 118 cm³/mol. The number of furan rings is 1. The van der Waals surface area contributed by atoms with Crippen molar-refractivity contribution in [2.45, 2.75) is 23.6 Å². The predicted octanol–water partition coefficient (Wildman–Crippen LogP) is 3.87. The van der Waals surface area contributed by atoms with Crippen molar-refractivity contribution in [1.29, 1.82) is 10.5 Å². The second-order valence-electron chi connectivity index (χ2n) is 6.51. The Bertz CT molecular complexity index is 1240. The molecule has 0 fully saturated rings. The highest BCUT2D eigenvalue weighted by Gasteiger charge is 2.26. The van der Waals surface area contributed by atoms with Gasteiger partial charge in [-0.3, -0.25) is 4.79 Å². The molecule has 3 rings (SSSR count). The van der Waals surface area contributed by atoms with E-state index in [4.69, 9.17) is 15.3 Å². The van der Waals surface area contributed by atoms with E-state index in [9.17, 15) is 20.1 Å². The molecule has 0 spiro atoms. The minimum atomic E-state index is -1.06. The number of aromatic carboxylic acids is 1. The van der Waals surface area contributed by atoms with E-state index in [2.05, 4.69) is 16.4 Å². The van der Waals surface area contributed by atoms with Gasteiger partial charge in [0.1, 0.15) is 34.3 Å². The number of hydrogen-bond donors (Lipinski definition) is 3. The molecule has 32 heavy (non-hydrogen) atoms. The molecular weight excluding hydrogens is 430 g/mol. The molecule has 1 amide bonds. The molecule has 0 aliphatic rings. The first kappa shape index (κ1) is 22.4. The van der Waals surface area contributed by atoms with Crippen molar-refractivity contribution in [3.63, 3.8) is 0 Å². The number of nitrogens with one attached hydrogen (secondary N) is 1. The molecular formula is C22H17N5O4S. The molecule has 10 heteroatoms. The minimum absolute atomic E-state index is 0.0249. The summed E-state index contributed by atoms with van der Waals surface area (Å²) in [7, 11) is 0. The Balaban J connectivity index is 1.92. The van der Waals surface area contributed by atoms with Crippen LogP contribution in [0.2, 0.25) is 0 Å². The van der Waals surface area contributed by atoms with Crippen LogP contribution in [-0.2, 0) is 4.79 Å². The maximum Gasteiger partial charge on any atom is 0.335 e. The van der Waals surface area contributed by atoms with Gasteiger partial charge in [-0.25, -0.2) is 9.78 Å². The van der Waals surface area contributed by atoms with Crippen molar-refractivity contribution in [3.8, 4) is 23.5 Å². The van der Waals surface area contributed by atoms with Gasteiger partial charge in [-0.15, -0.1) is 0 Å². The van der Waals surface area contributed by atoms with Crippen LogP contribution in [0.3, 0.4) is 0 Å². The number of carboxylic acid groups (broad SMARTS) is 1. The Hall–Kier alpha value is -4.28. The summed E-state index contributed by atoms with van der Waals surface area (Å²) in [6, 6.07) is 13.0. The summed E-state index contributed by atoms with van der Waals surface area (Å²) >= 11 is 1.05. The van der Waals surface area contributed by atoms with E-state index >= 15 is 0 Å². The fourth-order valence-corrected chi connectivity index (χ4v) is 3.95. The van der Waals surface area contributed by atoms with Gasteiger partial charge in [0.25, 0.3) is 0 Å². The van der Waals surface area contributed by atoms with Crippen molar-refractivity contribution in [2.24, 2.45) is 0 Å². The molecule has 0 radical (unpaired) electrons. The van der Waals surface area contributed by atoms with Crippen LogP contribution in [0.15, 0.2) is 52.1 Å². The Labute approximate surface area is 187 Å². The molecule has 2 heterocycles. The molecule has 1 atom stereocenters. The molecule has 0 aliphatic heterocycles. The van der Waals surface area contributed by atoms with Crippen molar-refractivity contribution in [2.75, 3.05) is 11.1 Å². The largest absolute Gasteiger partial charge is 0.478 e. The minimum Gasteiger partial charge on any atom is -0.478 e. The molecule has 1 aromatic carbocycles. The highest BCUT2D eigenvalue weighted by atomic mass is 32.2. The molecule has 160 valence electrons. The summed E-state index contributed by atoms with van der Waals surface area (Å²) in [5.74, 6) is -1.19. The van der Waals surface area contributed by atoms with Crippen molar-refractivity contribution in [1.82, 2.24) is 4.98 Å². The summed E-state index contributed by atoms with van der Waals surface area (Å²) in [4.78, 5) is 28.0. The lowest BCUT2D eigenvalue weighted by atomic mass is 10.0. The van der Waals surface area contributed by atoms with Gasteiger partial charge in [-0.2, -0.15) is 10.5 Å². The number of carbonyl (C=O) groups is 2. The number of anilines is 2. The maximum atomic E-state index is 12.8. The third-order valence-corrected chi connectivity index (χ3v) is 5.85. The van der Waals surface area contributed by atoms with Crippen molar-refractivity contribution >= 4 is 35.1 Å². The topological polar surface area (TPSA) is 166 Å². The normalized spacial score (nSPS) is 11.2. The number of nitriles is 2. The fourth-order valence-electron chi connectivity index (χ4n) is 2.93. The number of amides is 1. The van der Waals surface area contributed by atoms with Crippen LogP contribution in [0.5, 0.6) is 0 Å². The van der Waals surface area contributed by atoms with E-state index in [1.807, 2.05) is 6.07 Å². The smallest absolute Gasteiger partial charge is 0.335 e. The zero-order valence-corrected chi connectivity index (χ0v) is 17.6. The number of pyridine rings is 1. The molecule has 9 nitrogen and oxygen atoms in total. The van der Waals surface area contributed by atoms with Gasteiger partial charge in [0.05, 0.1) is 28.2 Å². The number of nitrogen functional groups attached to an aromatic ring is 1. The van der Waals surface area contributed by atoms with Gasteiger partial charge in [-0.05, 0) is 42.8 Å². The lowest BCUT2D eigenvalue weighted by molar-refractivity contribution is -0.115. The van der Waals surface area contributed by atoms with Crippen molar-refractivity contribution in [3.05, 3.63) is 59.4 Å². The van der Waals surface area contributed by atoms with Gasteiger partial charge in [-0.1, -0.05) is 18.7 Å². The third kappa shape index (κ3) is 4.56. The van der Waals surface area contributed by atoms with Crippen molar-refractivity contribution < 1.29 is 19.1 Å². The maximum absolute atomic E-state index is 12.8. The lowest BCUT2D eigenvalue weighted by Gasteiger charge is -2.17. The first-order valence-corrected chi connectivity index (χ1v) is 10.3. The molecule has 1 unspecified atom stereocenters. The van der Waals surface area contributed by atoms with Gasteiger partial charge in [0.15, 0.2) is 0 Å². The zero-order chi connectivity index (χ0) is 23.3. The van der Waals surface area contributed by atoms with Gasteiger partial charge >= 0.3 is 5.97 Å². The van der Waals surface area contributed by atoms with E-state index < -0.39 is 11.2 Å². The van der Waals surface area contributed by atoms with E-state index in [-0.39, 0.29) is 39.0 Å². The highest BCUT2D eigenvalue weighted by molar-refractivity contribution is 8.00. The Morgan fingerprint density at radius 1 is 1.22 bits per heavy atom. The summed E-state index contributed by atoms with van der Waals surface area (Å²) in [6.07, 6.45) is 1.82. The monoisotopic (exact) mass is 447 g/mol.